The third kappa shape index (κ3) is 7.54. The number of hydrogen-bond acceptors (Lipinski definition) is 8. The zero-order chi connectivity index (χ0) is 21.2. The maximum absolute atomic E-state index is 10.4. The largest absolute Gasteiger partial charge is 0.396 e. The molecule has 2 atom stereocenters. The quantitative estimate of drug-likeness (QED) is 0.249. The van der Waals surface area contributed by atoms with Gasteiger partial charge in [0.05, 0.1) is 22.6 Å². The number of aliphatic hydroxyl groups excluding tert-OH is 2. The number of epoxide rings is 1. The third-order valence-electron chi connectivity index (χ3n) is 4.15. The van der Waals surface area contributed by atoms with Crippen LogP contribution in [0.25, 0.3) is 0 Å². The van der Waals surface area contributed by atoms with E-state index in [0.717, 1.165) is 12.2 Å². The number of hydrogen-bond donors (Lipinski definition) is 3. The van der Waals surface area contributed by atoms with E-state index in [1.54, 1.807) is 12.1 Å². The smallest absolute Gasteiger partial charge is 0.269 e. The van der Waals surface area contributed by atoms with E-state index in [1.807, 2.05) is 0 Å². The van der Waals surface area contributed by atoms with E-state index in [4.69, 9.17) is 9.84 Å². The van der Waals surface area contributed by atoms with Crippen LogP contribution in [0.3, 0.4) is 0 Å². The first-order valence-electron chi connectivity index (χ1n) is 9.02. The van der Waals surface area contributed by atoms with Gasteiger partial charge in [0.15, 0.2) is 0 Å². The monoisotopic (exact) mass is 405 g/mol. The Balaban J connectivity index is 0.000000218. The van der Waals surface area contributed by atoms with Gasteiger partial charge in [0.25, 0.3) is 11.4 Å². The molecule has 29 heavy (non-hydrogen) atoms. The zero-order valence-corrected chi connectivity index (χ0v) is 15.6. The minimum Gasteiger partial charge on any atom is -0.396 e. The van der Waals surface area contributed by atoms with Crippen molar-refractivity contribution in [2.75, 3.05) is 26.3 Å². The van der Waals surface area contributed by atoms with Crippen LogP contribution in [0.4, 0.5) is 11.4 Å². The molecule has 0 spiro atoms. The standard InChI is InChI=1S/C11H16N2O4.C8H7NO3/c14-7-1-6-12-8-11(15)9-2-4-10(5-3-9)13(16)17;10-9(11)7-3-1-6(2-4-7)8-5-12-8/h2-5,11-12,14-15H,1,6-8H2;1-4,8H,5H2/t11-;8-/m11/s1. The molecule has 2 aromatic rings. The highest BCUT2D eigenvalue weighted by molar-refractivity contribution is 5.35. The third-order valence-corrected chi connectivity index (χ3v) is 4.15. The fourth-order valence-electron chi connectivity index (χ4n) is 2.43. The first kappa shape index (κ1) is 22.4. The molecule has 0 radical (unpaired) electrons. The summed E-state index contributed by atoms with van der Waals surface area (Å²) in [6, 6.07) is 12.3. The first-order valence-corrected chi connectivity index (χ1v) is 9.02. The van der Waals surface area contributed by atoms with Crippen LogP contribution in [0.1, 0.15) is 29.8 Å². The Bertz CT molecular complexity index is 792. The van der Waals surface area contributed by atoms with Gasteiger partial charge in [0.2, 0.25) is 0 Å². The number of nitrogens with one attached hydrogen (secondary N) is 1. The van der Waals surface area contributed by atoms with Crippen LogP contribution in [0.2, 0.25) is 0 Å². The first-order chi connectivity index (χ1) is 13.9. The summed E-state index contributed by atoms with van der Waals surface area (Å²) in [5.41, 5.74) is 1.78. The molecule has 10 heteroatoms. The van der Waals surface area contributed by atoms with Crippen LogP contribution < -0.4 is 5.32 Å². The summed E-state index contributed by atoms with van der Waals surface area (Å²) in [6.45, 7) is 1.83. The summed E-state index contributed by atoms with van der Waals surface area (Å²) in [7, 11) is 0. The Kier molecular flexibility index (Phi) is 8.62. The van der Waals surface area contributed by atoms with Crippen LogP contribution in [0.5, 0.6) is 0 Å². The topological polar surface area (TPSA) is 151 Å². The second-order valence-electron chi connectivity index (χ2n) is 6.32. The van der Waals surface area contributed by atoms with Gasteiger partial charge in [-0.1, -0.05) is 0 Å². The summed E-state index contributed by atoms with van der Waals surface area (Å²) in [6.07, 6.45) is 0.104. The van der Waals surface area contributed by atoms with Crippen molar-refractivity contribution in [2.24, 2.45) is 0 Å². The van der Waals surface area contributed by atoms with E-state index in [2.05, 4.69) is 5.32 Å². The number of aliphatic hydroxyl groups is 2. The van der Waals surface area contributed by atoms with Gasteiger partial charge in [-0.15, -0.1) is 0 Å². The van der Waals surface area contributed by atoms with E-state index >= 15 is 0 Å². The highest BCUT2D eigenvalue weighted by atomic mass is 16.6. The van der Waals surface area contributed by atoms with Crippen molar-refractivity contribution in [3.63, 3.8) is 0 Å². The van der Waals surface area contributed by atoms with Gasteiger partial charge in [-0.3, -0.25) is 20.2 Å². The molecule has 156 valence electrons. The van der Waals surface area contributed by atoms with Crippen molar-refractivity contribution in [3.8, 4) is 0 Å². The lowest BCUT2D eigenvalue weighted by molar-refractivity contribution is -0.385. The van der Waals surface area contributed by atoms with Crippen LogP contribution >= 0.6 is 0 Å². The minimum atomic E-state index is -0.700. The molecule has 1 aliphatic rings. The Morgan fingerprint density at radius 1 is 1.03 bits per heavy atom. The van der Waals surface area contributed by atoms with Gasteiger partial charge in [-0.25, -0.2) is 0 Å². The Hall–Kier alpha value is -2.92. The van der Waals surface area contributed by atoms with E-state index in [0.29, 0.717) is 25.1 Å². The summed E-state index contributed by atoms with van der Waals surface area (Å²) < 4.78 is 5.03. The van der Waals surface area contributed by atoms with Gasteiger partial charge in [-0.05, 0) is 48.4 Å². The summed E-state index contributed by atoms with van der Waals surface area (Å²) in [5.74, 6) is 0. The molecule has 0 aliphatic carbocycles. The van der Waals surface area contributed by atoms with E-state index in [1.165, 1.54) is 36.4 Å². The normalized spacial score (nSPS) is 15.7. The molecule has 2 aromatic carbocycles. The predicted molar refractivity (Wildman–Crippen MR) is 104 cm³/mol. The molecular formula is C19H23N3O7. The lowest BCUT2D eigenvalue weighted by Gasteiger charge is -2.11. The van der Waals surface area contributed by atoms with E-state index in [9.17, 15) is 25.3 Å². The van der Waals surface area contributed by atoms with Crippen LogP contribution in [0, 0.1) is 20.2 Å². The minimum absolute atomic E-state index is 0.00851. The Morgan fingerprint density at radius 3 is 2.00 bits per heavy atom. The molecule has 3 rings (SSSR count). The number of nitro groups is 2. The number of rotatable bonds is 9. The molecule has 1 saturated heterocycles. The lowest BCUT2D eigenvalue weighted by Crippen LogP contribution is -2.23. The maximum atomic E-state index is 10.4. The van der Waals surface area contributed by atoms with Crippen LogP contribution in [-0.4, -0.2) is 46.4 Å². The molecule has 0 bridgehead atoms. The molecule has 0 saturated carbocycles. The predicted octanol–water partition coefficient (Wildman–Crippen LogP) is 2.27. The molecule has 1 heterocycles. The van der Waals surface area contributed by atoms with Crippen LogP contribution in [0.15, 0.2) is 48.5 Å². The molecule has 1 fully saturated rings. The number of nitro benzene ring substituents is 2. The highest BCUT2D eigenvalue weighted by Crippen LogP contribution is 2.30. The van der Waals surface area contributed by atoms with E-state index in [-0.39, 0.29) is 24.1 Å². The molecule has 3 N–H and O–H groups in total. The van der Waals surface area contributed by atoms with Gasteiger partial charge < -0.3 is 20.3 Å². The highest BCUT2D eigenvalue weighted by Gasteiger charge is 2.24. The number of nitrogens with zero attached hydrogens (tertiary/aromatic N) is 2. The van der Waals surface area contributed by atoms with Crippen LogP contribution in [-0.2, 0) is 4.74 Å². The van der Waals surface area contributed by atoms with Crippen molar-refractivity contribution < 1.29 is 24.8 Å². The maximum Gasteiger partial charge on any atom is 0.269 e. The molecule has 0 aromatic heterocycles. The fourth-order valence-corrected chi connectivity index (χ4v) is 2.43. The average molecular weight is 405 g/mol. The lowest BCUT2D eigenvalue weighted by atomic mass is 10.1. The SMILES string of the molecule is O=[N+]([O-])c1ccc([C@H](O)CNCCCO)cc1.O=[N+]([O-])c1ccc([C@H]2CO2)cc1. The molecule has 10 nitrogen and oxygen atoms in total. The van der Waals surface area contributed by atoms with Crippen molar-refractivity contribution in [1.29, 1.82) is 0 Å². The number of non-ortho nitro benzene ring substituents is 2. The van der Waals surface area contributed by atoms with Gasteiger partial charge in [-0.2, -0.15) is 0 Å². The second kappa shape index (κ2) is 11.2. The Labute approximate surface area is 167 Å². The van der Waals surface area contributed by atoms with Gasteiger partial charge in [0, 0.05) is 37.4 Å². The average Bonchev–Trinajstić information content (AvgIpc) is 3.57. The number of ether oxygens (including phenoxy) is 1. The molecule has 0 amide bonds. The van der Waals surface area contributed by atoms with Crippen molar-refractivity contribution >= 4 is 11.4 Å². The van der Waals surface area contributed by atoms with E-state index < -0.39 is 16.0 Å². The zero-order valence-electron chi connectivity index (χ0n) is 15.6. The summed E-state index contributed by atoms with van der Waals surface area (Å²) in [4.78, 5) is 19.8. The number of benzene rings is 2. The fraction of sp³-hybridized carbons (Fsp3) is 0.368. The summed E-state index contributed by atoms with van der Waals surface area (Å²) in [5, 5.41) is 42.0. The second-order valence-corrected chi connectivity index (χ2v) is 6.32. The van der Waals surface area contributed by atoms with Crippen molar-refractivity contribution in [3.05, 3.63) is 79.9 Å². The molecular weight excluding hydrogens is 382 g/mol. The van der Waals surface area contributed by atoms with Gasteiger partial charge in [0.1, 0.15) is 6.10 Å². The summed E-state index contributed by atoms with van der Waals surface area (Å²) >= 11 is 0. The van der Waals surface area contributed by atoms with Crippen molar-refractivity contribution in [1.82, 2.24) is 5.32 Å². The Morgan fingerprint density at radius 2 is 1.55 bits per heavy atom. The van der Waals surface area contributed by atoms with Gasteiger partial charge >= 0.3 is 0 Å². The van der Waals surface area contributed by atoms with Crippen molar-refractivity contribution in [2.45, 2.75) is 18.6 Å². The molecule has 0 unspecified atom stereocenters. The molecule has 1 aliphatic heterocycles.